The molecular formula is C13H19NO2. The van der Waals surface area contributed by atoms with Crippen molar-refractivity contribution in [3.05, 3.63) is 11.6 Å². The fraction of sp³-hybridized carbons (Fsp3) is 0.692. The molecule has 0 aromatic rings. The van der Waals surface area contributed by atoms with Crippen molar-refractivity contribution in [2.45, 2.75) is 44.9 Å². The summed E-state index contributed by atoms with van der Waals surface area (Å²) >= 11 is 0. The first-order valence-corrected chi connectivity index (χ1v) is 6.31. The molecule has 0 atom stereocenters. The summed E-state index contributed by atoms with van der Waals surface area (Å²) in [5, 5.41) is 0. The van der Waals surface area contributed by atoms with E-state index < -0.39 is 0 Å². The number of carbonyl (C=O) groups is 2. The summed E-state index contributed by atoms with van der Waals surface area (Å²) in [6, 6.07) is 0. The molecule has 1 fully saturated rings. The molecule has 1 saturated heterocycles. The molecule has 0 N–H and O–H groups in total. The van der Waals surface area contributed by atoms with Crippen molar-refractivity contribution in [1.29, 1.82) is 0 Å². The molecule has 1 heterocycles. The zero-order chi connectivity index (χ0) is 11.4. The lowest BCUT2D eigenvalue weighted by Gasteiger charge is -2.26. The summed E-state index contributed by atoms with van der Waals surface area (Å²) in [4.78, 5) is 25.6. The smallest absolute Gasteiger partial charge is 0.294 e. The second-order valence-electron chi connectivity index (χ2n) is 4.66. The van der Waals surface area contributed by atoms with E-state index in [0.29, 0.717) is 0 Å². The van der Waals surface area contributed by atoms with Crippen LogP contribution in [0.3, 0.4) is 0 Å². The van der Waals surface area contributed by atoms with Gasteiger partial charge in [0.15, 0.2) is 0 Å². The van der Waals surface area contributed by atoms with E-state index in [1.54, 1.807) is 4.90 Å². The Kier molecular flexibility index (Phi) is 3.75. The van der Waals surface area contributed by atoms with Gasteiger partial charge in [-0.3, -0.25) is 9.59 Å². The van der Waals surface area contributed by atoms with Crippen LogP contribution < -0.4 is 0 Å². The molecule has 2 aliphatic rings. The largest absolute Gasteiger partial charge is 0.336 e. The Labute approximate surface area is 96.5 Å². The minimum atomic E-state index is -0.271. The van der Waals surface area contributed by atoms with Gasteiger partial charge >= 0.3 is 0 Å². The van der Waals surface area contributed by atoms with Crippen LogP contribution >= 0.6 is 0 Å². The van der Waals surface area contributed by atoms with Crippen LogP contribution in [0, 0.1) is 0 Å². The average molecular weight is 221 g/mol. The summed E-state index contributed by atoms with van der Waals surface area (Å²) in [5.41, 5.74) is 0.752. The normalized spacial score (nSPS) is 21.5. The van der Waals surface area contributed by atoms with Crippen molar-refractivity contribution in [1.82, 2.24) is 4.90 Å². The standard InChI is InChI=1S/C13H19NO2/c15-12(11-7-3-1-4-8-11)13(16)14-9-5-2-6-10-14/h7H,1-6,8-10H2. The van der Waals surface area contributed by atoms with Crippen molar-refractivity contribution in [2.75, 3.05) is 13.1 Å². The Morgan fingerprint density at radius 1 is 1.00 bits per heavy atom. The van der Waals surface area contributed by atoms with E-state index >= 15 is 0 Å². The quantitative estimate of drug-likeness (QED) is 0.669. The molecule has 1 aliphatic carbocycles. The van der Waals surface area contributed by atoms with Crippen molar-refractivity contribution in [3.63, 3.8) is 0 Å². The van der Waals surface area contributed by atoms with Crippen molar-refractivity contribution >= 4 is 11.7 Å². The van der Waals surface area contributed by atoms with Crippen LogP contribution in [-0.2, 0) is 9.59 Å². The van der Waals surface area contributed by atoms with Crippen LogP contribution in [0.1, 0.15) is 44.9 Å². The number of hydrogen-bond acceptors (Lipinski definition) is 2. The third kappa shape index (κ3) is 2.52. The van der Waals surface area contributed by atoms with Crippen LogP contribution in [-0.4, -0.2) is 29.7 Å². The molecule has 0 saturated carbocycles. The van der Waals surface area contributed by atoms with E-state index in [1.165, 1.54) is 6.42 Å². The average Bonchev–Trinajstić information content (AvgIpc) is 2.39. The molecule has 0 bridgehead atoms. The van der Waals surface area contributed by atoms with Crippen LogP contribution in [0.15, 0.2) is 11.6 Å². The van der Waals surface area contributed by atoms with Gasteiger partial charge in [0.25, 0.3) is 5.91 Å². The predicted octanol–water partition coefficient (Wildman–Crippen LogP) is 2.07. The lowest BCUT2D eigenvalue weighted by molar-refractivity contribution is -0.143. The topological polar surface area (TPSA) is 37.4 Å². The van der Waals surface area contributed by atoms with Gasteiger partial charge in [-0.25, -0.2) is 0 Å². The highest BCUT2D eigenvalue weighted by Crippen LogP contribution is 2.19. The van der Waals surface area contributed by atoms with Crippen LogP contribution in [0.4, 0.5) is 0 Å². The van der Waals surface area contributed by atoms with Gasteiger partial charge in [-0.15, -0.1) is 0 Å². The molecule has 88 valence electrons. The van der Waals surface area contributed by atoms with Gasteiger partial charge in [0.2, 0.25) is 5.78 Å². The molecule has 2 rings (SSSR count). The summed E-state index contributed by atoms with van der Waals surface area (Å²) in [6.07, 6.45) is 9.15. The van der Waals surface area contributed by atoms with Gasteiger partial charge in [0, 0.05) is 18.7 Å². The third-order valence-corrected chi connectivity index (χ3v) is 3.42. The fourth-order valence-corrected chi connectivity index (χ4v) is 2.42. The Morgan fingerprint density at radius 2 is 1.75 bits per heavy atom. The first-order valence-electron chi connectivity index (χ1n) is 6.31. The molecule has 3 nitrogen and oxygen atoms in total. The minimum absolute atomic E-state index is 0.249. The SMILES string of the molecule is O=C(C(=O)N1CCCCC1)C1=CCCCC1. The summed E-state index contributed by atoms with van der Waals surface area (Å²) in [7, 11) is 0. The number of hydrogen-bond donors (Lipinski definition) is 0. The number of carbonyl (C=O) groups excluding carboxylic acids is 2. The van der Waals surface area contributed by atoms with Gasteiger partial charge in [-0.05, 0) is 44.9 Å². The molecule has 16 heavy (non-hydrogen) atoms. The van der Waals surface area contributed by atoms with E-state index in [1.807, 2.05) is 6.08 Å². The Hall–Kier alpha value is -1.12. The Balaban J connectivity index is 1.97. The van der Waals surface area contributed by atoms with Crippen molar-refractivity contribution < 1.29 is 9.59 Å². The zero-order valence-corrected chi connectivity index (χ0v) is 9.71. The number of rotatable bonds is 2. The molecule has 1 amide bonds. The van der Waals surface area contributed by atoms with E-state index in [2.05, 4.69) is 0 Å². The number of ketones is 1. The number of piperidine rings is 1. The van der Waals surface area contributed by atoms with Crippen LogP contribution in [0.5, 0.6) is 0 Å². The maximum absolute atomic E-state index is 11.9. The van der Waals surface area contributed by atoms with Crippen LogP contribution in [0.2, 0.25) is 0 Å². The highest BCUT2D eigenvalue weighted by atomic mass is 16.2. The monoisotopic (exact) mass is 221 g/mol. The van der Waals surface area contributed by atoms with Crippen molar-refractivity contribution in [2.24, 2.45) is 0 Å². The second-order valence-corrected chi connectivity index (χ2v) is 4.66. The van der Waals surface area contributed by atoms with E-state index in [9.17, 15) is 9.59 Å². The molecule has 3 heteroatoms. The molecular weight excluding hydrogens is 202 g/mol. The molecule has 1 aliphatic heterocycles. The second kappa shape index (κ2) is 5.28. The number of nitrogens with zero attached hydrogens (tertiary/aromatic N) is 1. The van der Waals surface area contributed by atoms with Gasteiger partial charge < -0.3 is 4.90 Å². The molecule has 0 radical (unpaired) electrons. The Morgan fingerprint density at radius 3 is 2.38 bits per heavy atom. The highest BCUT2D eigenvalue weighted by molar-refractivity contribution is 6.42. The first kappa shape index (κ1) is 11.4. The minimum Gasteiger partial charge on any atom is -0.336 e. The molecule has 0 unspecified atom stereocenters. The molecule has 0 aromatic carbocycles. The number of Topliss-reactive ketones (excluding diaryl/α,β-unsaturated/α-hetero) is 1. The molecule has 0 aromatic heterocycles. The maximum atomic E-state index is 11.9. The number of likely N-dealkylation sites (tertiary alicyclic amines) is 1. The van der Waals surface area contributed by atoms with E-state index in [4.69, 9.17) is 0 Å². The predicted molar refractivity (Wildman–Crippen MR) is 62.0 cm³/mol. The highest BCUT2D eigenvalue weighted by Gasteiger charge is 2.26. The first-order chi connectivity index (χ1) is 7.79. The van der Waals surface area contributed by atoms with Crippen LogP contribution in [0.25, 0.3) is 0 Å². The van der Waals surface area contributed by atoms with Crippen molar-refractivity contribution in [3.8, 4) is 0 Å². The number of allylic oxidation sites excluding steroid dienone is 1. The maximum Gasteiger partial charge on any atom is 0.294 e. The van der Waals surface area contributed by atoms with Gasteiger partial charge in [-0.1, -0.05) is 6.08 Å². The Bertz CT molecular complexity index is 314. The lowest BCUT2D eigenvalue weighted by Crippen LogP contribution is -2.40. The van der Waals surface area contributed by atoms with Gasteiger partial charge in [0.1, 0.15) is 0 Å². The summed E-state index contributed by atoms with van der Waals surface area (Å²) in [6.45, 7) is 1.52. The summed E-state index contributed by atoms with van der Waals surface area (Å²) in [5.74, 6) is -0.519. The van der Waals surface area contributed by atoms with Gasteiger partial charge in [-0.2, -0.15) is 0 Å². The fourth-order valence-electron chi connectivity index (χ4n) is 2.42. The van der Waals surface area contributed by atoms with E-state index in [-0.39, 0.29) is 11.7 Å². The van der Waals surface area contributed by atoms with Gasteiger partial charge in [0.05, 0.1) is 0 Å². The third-order valence-electron chi connectivity index (χ3n) is 3.42. The number of amides is 1. The van der Waals surface area contributed by atoms with E-state index in [0.717, 1.165) is 57.2 Å². The lowest BCUT2D eigenvalue weighted by atomic mass is 9.95. The zero-order valence-electron chi connectivity index (χ0n) is 9.71. The molecule has 0 spiro atoms. The summed E-state index contributed by atoms with van der Waals surface area (Å²) < 4.78 is 0.